The first-order valence-electron chi connectivity index (χ1n) is 11.1. The van der Waals surface area contributed by atoms with Crippen LogP contribution in [0.5, 0.6) is 0 Å². The SMILES string of the molecule is CNc1nc(Nc2ccc(-c3ccc(C)[nH]3)c(F)c2)nc2c1C(C)(C)CN2c1ccc(F)cc1. The van der Waals surface area contributed by atoms with Gasteiger partial charge in [-0.05, 0) is 61.5 Å². The molecule has 0 saturated carbocycles. The van der Waals surface area contributed by atoms with Gasteiger partial charge in [-0.15, -0.1) is 0 Å². The minimum Gasteiger partial charge on any atom is -0.373 e. The molecule has 1 aliphatic rings. The van der Waals surface area contributed by atoms with E-state index in [0.717, 1.165) is 28.5 Å². The monoisotopic (exact) mass is 460 g/mol. The smallest absolute Gasteiger partial charge is 0.231 e. The van der Waals surface area contributed by atoms with Crippen LogP contribution in [-0.4, -0.2) is 28.5 Å². The van der Waals surface area contributed by atoms with Crippen LogP contribution in [0, 0.1) is 18.6 Å². The number of rotatable bonds is 5. The van der Waals surface area contributed by atoms with Gasteiger partial charge in [0.05, 0.1) is 0 Å². The number of nitrogens with one attached hydrogen (secondary N) is 3. The second-order valence-electron chi connectivity index (χ2n) is 9.17. The van der Waals surface area contributed by atoms with Crippen molar-refractivity contribution in [2.75, 3.05) is 29.1 Å². The summed E-state index contributed by atoms with van der Waals surface area (Å²) in [6.45, 7) is 6.85. The van der Waals surface area contributed by atoms with Crippen LogP contribution in [-0.2, 0) is 5.41 Å². The Morgan fingerprint density at radius 3 is 2.41 bits per heavy atom. The Balaban J connectivity index is 1.52. The third-order valence-corrected chi connectivity index (χ3v) is 6.10. The Labute approximate surface area is 197 Å². The van der Waals surface area contributed by atoms with E-state index >= 15 is 0 Å². The molecule has 2 aromatic heterocycles. The van der Waals surface area contributed by atoms with Gasteiger partial charge < -0.3 is 20.5 Å². The van der Waals surface area contributed by atoms with E-state index in [1.165, 1.54) is 18.2 Å². The van der Waals surface area contributed by atoms with Gasteiger partial charge in [-0.25, -0.2) is 8.78 Å². The lowest BCUT2D eigenvalue weighted by Gasteiger charge is -2.21. The third kappa shape index (κ3) is 3.85. The first-order valence-corrected chi connectivity index (χ1v) is 11.1. The molecule has 3 N–H and O–H groups in total. The lowest BCUT2D eigenvalue weighted by atomic mass is 9.88. The average molecular weight is 461 g/mol. The highest BCUT2D eigenvalue weighted by atomic mass is 19.1. The second-order valence-corrected chi connectivity index (χ2v) is 9.17. The minimum atomic E-state index is -0.351. The van der Waals surface area contributed by atoms with Crippen molar-refractivity contribution in [1.82, 2.24) is 15.0 Å². The predicted molar refractivity (Wildman–Crippen MR) is 132 cm³/mol. The molecular formula is C26H26F2N6. The number of anilines is 5. The van der Waals surface area contributed by atoms with E-state index in [-0.39, 0.29) is 17.0 Å². The van der Waals surface area contributed by atoms with Crippen molar-refractivity contribution in [2.45, 2.75) is 26.2 Å². The van der Waals surface area contributed by atoms with E-state index in [2.05, 4.69) is 39.3 Å². The number of halogens is 2. The molecule has 0 amide bonds. The number of benzene rings is 2. The number of H-pyrrole nitrogens is 1. The third-order valence-electron chi connectivity index (χ3n) is 6.10. The van der Waals surface area contributed by atoms with Crippen molar-refractivity contribution in [1.29, 1.82) is 0 Å². The summed E-state index contributed by atoms with van der Waals surface area (Å²) in [6, 6.07) is 15.1. The fraction of sp³-hybridized carbons (Fsp3) is 0.231. The summed E-state index contributed by atoms with van der Waals surface area (Å²) in [6.07, 6.45) is 0. The molecule has 0 unspecified atom stereocenters. The maximum absolute atomic E-state index is 14.9. The molecule has 2 aromatic carbocycles. The number of nitrogens with zero attached hydrogens (tertiary/aromatic N) is 3. The maximum Gasteiger partial charge on any atom is 0.231 e. The Hall–Kier alpha value is -3.94. The summed E-state index contributed by atoms with van der Waals surface area (Å²) in [5.41, 5.74) is 4.32. The maximum atomic E-state index is 14.9. The van der Waals surface area contributed by atoms with E-state index < -0.39 is 0 Å². The predicted octanol–water partition coefficient (Wildman–Crippen LogP) is 6.27. The molecule has 0 spiro atoms. The lowest BCUT2D eigenvalue weighted by molar-refractivity contribution is 0.569. The Kier molecular flexibility index (Phi) is 5.23. The molecule has 0 bridgehead atoms. The van der Waals surface area contributed by atoms with Crippen molar-refractivity contribution in [3.05, 3.63) is 77.5 Å². The first-order chi connectivity index (χ1) is 16.2. The van der Waals surface area contributed by atoms with Gasteiger partial charge in [0.15, 0.2) is 0 Å². The Bertz CT molecular complexity index is 1360. The van der Waals surface area contributed by atoms with Gasteiger partial charge >= 0.3 is 0 Å². The molecule has 8 heteroatoms. The van der Waals surface area contributed by atoms with Gasteiger partial charge in [-0.2, -0.15) is 9.97 Å². The number of hydrogen-bond acceptors (Lipinski definition) is 5. The highest BCUT2D eigenvalue weighted by Gasteiger charge is 2.40. The molecule has 1 aliphatic heterocycles. The van der Waals surface area contributed by atoms with Gasteiger partial charge in [0.2, 0.25) is 5.95 Å². The summed E-state index contributed by atoms with van der Waals surface area (Å²) < 4.78 is 28.4. The van der Waals surface area contributed by atoms with E-state index in [1.54, 1.807) is 24.3 Å². The summed E-state index contributed by atoms with van der Waals surface area (Å²) in [5, 5.41) is 6.32. The molecular weight excluding hydrogens is 434 g/mol. The number of hydrogen-bond donors (Lipinski definition) is 3. The van der Waals surface area contributed by atoms with Gasteiger partial charge in [0, 0.05) is 52.9 Å². The van der Waals surface area contributed by atoms with Crippen LogP contribution >= 0.6 is 0 Å². The van der Waals surface area contributed by atoms with E-state index in [9.17, 15) is 8.78 Å². The zero-order chi connectivity index (χ0) is 24.0. The highest BCUT2D eigenvalue weighted by Crippen LogP contribution is 2.46. The van der Waals surface area contributed by atoms with Crippen LogP contribution in [0.3, 0.4) is 0 Å². The number of aromatic nitrogens is 3. The van der Waals surface area contributed by atoms with Gasteiger partial charge in [-0.3, -0.25) is 0 Å². The van der Waals surface area contributed by atoms with Gasteiger partial charge in [0.1, 0.15) is 23.3 Å². The van der Waals surface area contributed by atoms with Crippen molar-refractivity contribution < 1.29 is 8.78 Å². The van der Waals surface area contributed by atoms with E-state index in [0.29, 0.717) is 29.6 Å². The van der Waals surface area contributed by atoms with Crippen molar-refractivity contribution in [3.8, 4) is 11.3 Å². The summed E-state index contributed by atoms with van der Waals surface area (Å²) in [4.78, 5) is 14.7. The molecule has 6 nitrogen and oxygen atoms in total. The average Bonchev–Trinajstić information content (AvgIpc) is 3.34. The summed E-state index contributed by atoms with van der Waals surface area (Å²) in [7, 11) is 1.82. The molecule has 0 fully saturated rings. The van der Waals surface area contributed by atoms with E-state index in [4.69, 9.17) is 4.98 Å². The quantitative estimate of drug-likeness (QED) is 0.327. The largest absolute Gasteiger partial charge is 0.373 e. The summed E-state index contributed by atoms with van der Waals surface area (Å²) >= 11 is 0. The number of aromatic amines is 1. The van der Waals surface area contributed by atoms with Crippen LogP contribution < -0.4 is 15.5 Å². The number of aryl methyl sites for hydroxylation is 1. The molecule has 0 atom stereocenters. The van der Waals surface area contributed by atoms with Crippen molar-refractivity contribution in [3.63, 3.8) is 0 Å². The van der Waals surface area contributed by atoms with Crippen LogP contribution in [0.2, 0.25) is 0 Å². The molecule has 0 saturated heterocycles. The molecule has 0 aliphatic carbocycles. The highest BCUT2D eigenvalue weighted by molar-refractivity contribution is 5.76. The molecule has 0 radical (unpaired) electrons. The van der Waals surface area contributed by atoms with Crippen LogP contribution in [0.1, 0.15) is 25.1 Å². The van der Waals surface area contributed by atoms with Crippen LogP contribution in [0.15, 0.2) is 54.6 Å². The summed E-state index contributed by atoms with van der Waals surface area (Å²) in [5.74, 6) is 1.13. The van der Waals surface area contributed by atoms with E-state index in [1.807, 2.05) is 26.1 Å². The molecule has 5 rings (SSSR count). The standard InChI is InChI=1S/C26H26F2N6/c1-15-5-12-21(30-15)19-11-8-17(13-20(19)28)31-25-32-23(29-4)22-24(33-25)34(14-26(22,2)3)18-9-6-16(27)7-10-18/h5-13,30H,14H2,1-4H3,(H2,29,31,32,33). The zero-order valence-electron chi connectivity index (χ0n) is 19.5. The molecule has 174 valence electrons. The van der Waals surface area contributed by atoms with Crippen molar-refractivity contribution in [2.24, 2.45) is 0 Å². The Morgan fingerprint density at radius 2 is 1.76 bits per heavy atom. The topological polar surface area (TPSA) is 68.9 Å². The minimum absolute atomic E-state index is 0.234. The fourth-order valence-corrected chi connectivity index (χ4v) is 4.49. The van der Waals surface area contributed by atoms with Crippen molar-refractivity contribution >= 4 is 29.0 Å². The Morgan fingerprint density at radius 1 is 1.00 bits per heavy atom. The molecule has 3 heterocycles. The molecule has 4 aromatic rings. The molecule has 34 heavy (non-hydrogen) atoms. The van der Waals surface area contributed by atoms with Crippen LogP contribution in [0.25, 0.3) is 11.3 Å². The number of fused-ring (bicyclic) bond motifs is 1. The van der Waals surface area contributed by atoms with Crippen LogP contribution in [0.4, 0.5) is 37.7 Å². The fourth-order valence-electron chi connectivity index (χ4n) is 4.49. The van der Waals surface area contributed by atoms with Gasteiger partial charge in [-0.1, -0.05) is 13.8 Å². The second kappa shape index (κ2) is 8.13. The lowest BCUT2D eigenvalue weighted by Crippen LogP contribution is -2.25. The first kappa shape index (κ1) is 21.9. The van der Waals surface area contributed by atoms with Gasteiger partial charge in [0.25, 0.3) is 0 Å². The normalized spacial score (nSPS) is 14.2. The zero-order valence-corrected chi connectivity index (χ0v) is 19.5.